The molecule has 5 heteroatoms. The highest BCUT2D eigenvalue weighted by molar-refractivity contribution is 5.72. The van der Waals surface area contributed by atoms with E-state index in [4.69, 9.17) is 18.0 Å². The third-order valence-corrected chi connectivity index (χ3v) is 1.39. The lowest BCUT2D eigenvalue weighted by molar-refractivity contribution is -0.138. The molecule has 0 heterocycles. The third kappa shape index (κ3) is 4.72. The van der Waals surface area contributed by atoms with Gasteiger partial charge in [0.2, 0.25) is 0 Å². The maximum Gasteiger partial charge on any atom is 0.320 e. The number of carboxylic acids is 1. The number of carboxylic acid groups (broad SMARTS) is 1. The normalized spacial score (nSPS) is 16.8. The maximum absolute atomic E-state index is 10.6. The van der Waals surface area contributed by atoms with Crippen molar-refractivity contribution in [3.8, 4) is 0 Å². The van der Waals surface area contributed by atoms with E-state index in [0.29, 0.717) is 6.42 Å². The molecule has 0 radical (unpaired) electrons. The number of rotatable bonds is 5. The highest BCUT2D eigenvalue weighted by Crippen LogP contribution is 1.98. The highest BCUT2D eigenvalue weighted by atomic mass is 16.4. The van der Waals surface area contributed by atoms with Gasteiger partial charge in [0, 0.05) is 6.54 Å². The Morgan fingerprint density at radius 3 is 2.73 bits per heavy atom. The fourth-order valence-corrected chi connectivity index (χ4v) is 0.608. The minimum Gasteiger partial charge on any atom is -0.480 e. The van der Waals surface area contributed by atoms with E-state index in [1.165, 1.54) is 0 Å². The first-order valence-electron chi connectivity index (χ1n) is 3.83. The summed E-state index contributed by atoms with van der Waals surface area (Å²) in [6.07, 6.45) is -0.0300. The Bertz CT molecular complexity index is 145. The van der Waals surface area contributed by atoms with Crippen LogP contribution < -0.4 is 11.5 Å². The molecule has 0 unspecified atom stereocenters. The van der Waals surface area contributed by atoms with Gasteiger partial charge in [0.25, 0.3) is 1.43 Å². The Balaban J connectivity index is 3.56. The molecular formula is C6H14N2O3. The number of hydrogen-bond donors (Lipinski definition) is 4. The molecule has 2 atom stereocenters. The van der Waals surface area contributed by atoms with Crippen molar-refractivity contribution < 1.29 is 15.0 Å². The fraction of sp³-hybridized carbons (Fsp3) is 0.833. The van der Waals surface area contributed by atoms with Gasteiger partial charge in [0.1, 0.15) is 6.04 Å². The average Bonchev–Trinajstić information content (AvgIpc) is 2.11. The Kier molecular flexibility index (Phi) is 3.89. The van der Waals surface area contributed by atoms with E-state index in [-0.39, 0.29) is 13.0 Å². The van der Waals surface area contributed by atoms with Crippen molar-refractivity contribution in [3.05, 3.63) is 0 Å². The van der Waals surface area contributed by atoms with Gasteiger partial charge in [0.05, 0.1) is 6.10 Å². The summed E-state index contributed by atoms with van der Waals surface area (Å²) in [6, 6.07) is -0.844. The van der Waals surface area contributed by atoms with Gasteiger partial charge >= 0.3 is 5.97 Å². The van der Waals surface area contributed by atoms with Crippen LogP contribution in [0.3, 0.4) is 0 Å². The molecule has 0 aromatic rings. The molecule has 5 nitrogen and oxygen atoms in total. The van der Waals surface area contributed by atoms with Crippen LogP contribution in [0.15, 0.2) is 0 Å². The van der Waals surface area contributed by atoms with Crippen LogP contribution in [0.2, 0.25) is 0 Å². The van der Waals surface area contributed by atoms with Crippen LogP contribution in [0, 0.1) is 0 Å². The minimum atomic E-state index is -0.844. The molecule has 0 aliphatic rings. The molecule has 0 bridgehead atoms. The van der Waals surface area contributed by atoms with Crippen LogP contribution in [0.1, 0.15) is 12.8 Å². The second kappa shape index (κ2) is 5.06. The smallest absolute Gasteiger partial charge is 0.320 e. The molecule has 0 aliphatic carbocycles. The van der Waals surface area contributed by atoms with Gasteiger partial charge in [-0.05, 0) is 12.8 Å². The lowest BCUT2D eigenvalue weighted by Crippen LogP contribution is -2.32. The zero-order valence-corrected chi connectivity index (χ0v) is 6.19. The summed E-state index contributed by atoms with van der Waals surface area (Å²) in [5.74, 6) is -0.792. The molecule has 6 N–H and O–H groups in total. The summed E-state index contributed by atoms with van der Waals surface area (Å²) >= 11 is 0. The van der Waals surface area contributed by atoms with Gasteiger partial charge in [-0.2, -0.15) is 0 Å². The predicted molar refractivity (Wildman–Crippen MR) is 39.9 cm³/mol. The van der Waals surface area contributed by atoms with Crippen molar-refractivity contribution in [2.45, 2.75) is 25.0 Å². The molecule has 0 aliphatic heterocycles. The molecule has 0 aromatic heterocycles. The average molecular weight is 163 g/mol. The van der Waals surface area contributed by atoms with Gasteiger partial charge in [-0.3, -0.25) is 4.79 Å². The second-order valence-corrected chi connectivity index (χ2v) is 2.39. The van der Waals surface area contributed by atoms with Gasteiger partial charge in [-0.25, -0.2) is 0 Å². The van der Waals surface area contributed by atoms with Gasteiger partial charge in [-0.1, -0.05) is 0 Å². The van der Waals surface area contributed by atoms with E-state index in [9.17, 15) is 4.79 Å². The van der Waals surface area contributed by atoms with E-state index in [1.807, 2.05) is 0 Å². The van der Waals surface area contributed by atoms with Crippen LogP contribution in [0.4, 0.5) is 0 Å². The van der Waals surface area contributed by atoms with E-state index in [1.54, 1.807) is 0 Å². The van der Waals surface area contributed by atoms with Crippen molar-refractivity contribution >= 4 is 5.97 Å². The summed E-state index contributed by atoms with van der Waals surface area (Å²) in [5.41, 5.74) is 10.4. The molecule has 0 saturated carbocycles. The zero-order chi connectivity index (χ0) is 9.56. The van der Waals surface area contributed by atoms with Gasteiger partial charge in [0.15, 0.2) is 0 Å². The zero-order valence-electron chi connectivity index (χ0n) is 7.19. The lowest BCUT2D eigenvalue weighted by Gasteiger charge is -2.09. The first-order valence-corrected chi connectivity index (χ1v) is 3.42. The molecular weight excluding hydrogens is 148 g/mol. The Labute approximate surface area is 66.5 Å². The second-order valence-electron chi connectivity index (χ2n) is 2.39. The number of hydrogen-bond acceptors (Lipinski definition) is 5. The highest BCUT2D eigenvalue weighted by Gasteiger charge is 2.12. The summed E-state index contributed by atoms with van der Waals surface area (Å²) in [7, 11) is 0. The van der Waals surface area contributed by atoms with E-state index in [2.05, 4.69) is 5.11 Å². The fourth-order valence-electron chi connectivity index (χ4n) is 0.608. The van der Waals surface area contributed by atoms with Crippen LogP contribution in [-0.4, -0.2) is 34.9 Å². The van der Waals surface area contributed by atoms with Crippen molar-refractivity contribution in [2.24, 2.45) is 11.5 Å². The SMILES string of the molecule is [2H]OC(=O)[C@@H](N)CC[C@@H](O)CN. The van der Waals surface area contributed by atoms with Crippen LogP contribution in [0.5, 0.6) is 0 Å². The molecule has 0 rings (SSSR count). The molecule has 11 heavy (non-hydrogen) atoms. The first kappa shape index (κ1) is 8.45. The Morgan fingerprint density at radius 2 is 2.27 bits per heavy atom. The topological polar surface area (TPSA) is 110 Å². The third-order valence-electron chi connectivity index (χ3n) is 1.39. The van der Waals surface area contributed by atoms with Gasteiger partial charge < -0.3 is 21.7 Å². The summed E-state index contributed by atoms with van der Waals surface area (Å²) in [6.45, 7) is 0.142. The molecule has 66 valence electrons. The summed E-state index contributed by atoms with van der Waals surface area (Å²) < 4.78 is 6.25. The molecule has 0 saturated heterocycles. The molecule has 0 spiro atoms. The minimum absolute atomic E-state index is 0.142. The molecule has 0 aromatic carbocycles. The van der Waals surface area contributed by atoms with E-state index in [0.717, 1.165) is 0 Å². The van der Waals surface area contributed by atoms with Crippen LogP contribution in [0.25, 0.3) is 1.43 Å². The standard InChI is InChI=1S/C6H14N2O3/c7-3-4(9)1-2-5(8)6(10)11/h4-5,9H,1-3,7-8H2,(H,10,11)/t4-,5+/m1/s1/i/hD. The largest absolute Gasteiger partial charge is 0.480 e. The Morgan fingerprint density at radius 1 is 1.64 bits per heavy atom. The van der Waals surface area contributed by atoms with Crippen molar-refractivity contribution in [1.29, 1.82) is 1.43 Å². The lowest BCUT2D eigenvalue weighted by atomic mass is 10.1. The van der Waals surface area contributed by atoms with E-state index >= 15 is 0 Å². The van der Waals surface area contributed by atoms with Crippen molar-refractivity contribution in [3.63, 3.8) is 0 Å². The van der Waals surface area contributed by atoms with E-state index < -0.39 is 18.1 Å². The number of aliphatic hydroxyl groups excluding tert-OH is 1. The summed E-state index contributed by atoms with van der Waals surface area (Å²) in [4.78, 5) is 10.6. The number of aliphatic hydroxyl groups is 1. The summed E-state index contributed by atoms with van der Waals surface area (Å²) in [5, 5.41) is 12.6. The quantitative estimate of drug-likeness (QED) is 0.394. The monoisotopic (exact) mass is 163 g/mol. The maximum atomic E-state index is 10.6. The number of carbonyl (C=O) groups is 1. The Hall–Kier alpha value is -0.650. The number of aliphatic carboxylic acids is 1. The van der Waals surface area contributed by atoms with Crippen LogP contribution in [-0.2, 0) is 4.79 Å². The van der Waals surface area contributed by atoms with Gasteiger partial charge in [-0.15, -0.1) is 0 Å². The molecule has 0 fully saturated rings. The van der Waals surface area contributed by atoms with Crippen LogP contribution >= 0.6 is 0 Å². The number of nitrogens with two attached hydrogens (primary N) is 2. The van der Waals surface area contributed by atoms with Crippen molar-refractivity contribution in [1.82, 2.24) is 0 Å². The predicted octanol–water partition coefficient (Wildman–Crippen LogP) is -1.50. The molecule has 0 amide bonds. The van der Waals surface area contributed by atoms with Crippen molar-refractivity contribution in [2.75, 3.05) is 6.54 Å². The first-order chi connectivity index (χ1) is 5.61.